The van der Waals surface area contributed by atoms with Crippen molar-refractivity contribution in [3.8, 4) is 0 Å². The van der Waals surface area contributed by atoms with Gasteiger partial charge in [0.2, 0.25) is 0 Å². The van der Waals surface area contributed by atoms with Gasteiger partial charge >= 0.3 is 0 Å². The lowest BCUT2D eigenvalue weighted by molar-refractivity contribution is 0.161. The van der Waals surface area contributed by atoms with Crippen LogP contribution >= 0.6 is 0 Å². The van der Waals surface area contributed by atoms with Crippen LogP contribution in [0.1, 0.15) is 44.7 Å². The summed E-state index contributed by atoms with van der Waals surface area (Å²) in [5.74, 6) is 1.11. The Morgan fingerprint density at radius 3 is 2.88 bits per heavy atom. The van der Waals surface area contributed by atoms with E-state index < -0.39 is 0 Å². The van der Waals surface area contributed by atoms with Crippen LogP contribution in [-0.4, -0.2) is 21.5 Å². The summed E-state index contributed by atoms with van der Waals surface area (Å²) in [4.78, 5) is 0. The van der Waals surface area contributed by atoms with Gasteiger partial charge in [-0.1, -0.05) is 19.1 Å². The van der Waals surface area contributed by atoms with E-state index in [1.54, 1.807) is 0 Å². The molecule has 4 heteroatoms. The normalized spacial score (nSPS) is 29.2. The Labute approximate surface area is 97.2 Å². The van der Waals surface area contributed by atoms with Crippen molar-refractivity contribution >= 4 is 0 Å². The average Bonchev–Trinajstić information content (AvgIpc) is 2.63. The Balaban J connectivity index is 2.25. The van der Waals surface area contributed by atoms with Gasteiger partial charge in [-0.25, -0.2) is 0 Å². The van der Waals surface area contributed by atoms with Gasteiger partial charge in [-0.05, 0) is 37.1 Å². The molecule has 2 N–H and O–H groups in total. The molecule has 0 saturated heterocycles. The van der Waals surface area contributed by atoms with Crippen molar-refractivity contribution in [1.29, 1.82) is 0 Å². The van der Waals surface area contributed by atoms with E-state index in [9.17, 15) is 0 Å². The maximum absolute atomic E-state index is 5.89. The second kappa shape index (κ2) is 4.17. The SMILES string of the molecule is Cn1nncc1C1CC(C)(C)CCC1CN. The second-order valence-corrected chi connectivity index (χ2v) is 5.79. The van der Waals surface area contributed by atoms with Gasteiger partial charge in [0.25, 0.3) is 0 Å². The Bertz CT molecular complexity index is 356. The third-order valence-electron chi connectivity index (χ3n) is 3.97. The molecule has 4 nitrogen and oxygen atoms in total. The van der Waals surface area contributed by atoms with E-state index in [1.165, 1.54) is 25.0 Å². The summed E-state index contributed by atoms with van der Waals surface area (Å²) in [6.45, 7) is 5.46. The molecule has 2 unspecified atom stereocenters. The summed E-state index contributed by atoms with van der Waals surface area (Å²) in [6, 6.07) is 0. The zero-order valence-electron chi connectivity index (χ0n) is 10.5. The first-order chi connectivity index (χ1) is 7.53. The summed E-state index contributed by atoms with van der Waals surface area (Å²) in [5.41, 5.74) is 7.54. The Kier molecular flexibility index (Phi) is 3.02. The molecule has 1 aromatic rings. The maximum atomic E-state index is 5.89. The molecule has 0 radical (unpaired) electrons. The summed E-state index contributed by atoms with van der Waals surface area (Å²) in [6.07, 6.45) is 5.58. The quantitative estimate of drug-likeness (QED) is 0.828. The minimum absolute atomic E-state index is 0.417. The predicted octanol–water partition coefficient (Wildman–Crippen LogP) is 1.68. The van der Waals surface area contributed by atoms with Gasteiger partial charge in [0, 0.05) is 13.0 Å². The maximum Gasteiger partial charge on any atom is 0.0728 e. The molecule has 0 spiro atoms. The summed E-state index contributed by atoms with van der Waals surface area (Å²) >= 11 is 0. The van der Waals surface area contributed by atoms with Gasteiger partial charge < -0.3 is 5.73 Å². The van der Waals surface area contributed by atoms with Crippen LogP contribution in [0.4, 0.5) is 0 Å². The predicted molar refractivity (Wildman–Crippen MR) is 63.9 cm³/mol. The number of nitrogens with two attached hydrogens (primary N) is 1. The van der Waals surface area contributed by atoms with Gasteiger partial charge in [-0.3, -0.25) is 4.68 Å². The molecule has 0 bridgehead atoms. The third-order valence-corrected chi connectivity index (χ3v) is 3.97. The van der Waals surface area contributed by atoms with E-state index in [-0.39, 0.29) is 0 Å². The van der Waals surface area contributed by atoms with Crippen LogP contribution in [0.15, 0.2) is 6.20 Å². The zero-order chi connectivity index (χ0) is 11.8. The number of hydrogen-bond acceptors (Lipinski definition) is 3. The Morgan fingerprint density at radius 1 is 1.56 bits per heavy atom. The van der Waals surface area contributed by atoms with Crippen LogP contribution < -0.4 is 5.73 Å². The molecular weight excluding hydrogens is 200 g/mol. The van der Waals surface area contributed by atoms with Crippen molar-refractivity contribution in [3.63, 3.8) is 0 Å². The summed E-state index contributed by atoms with van der Waals surface area (Å²) < 4.78 is 1.90. The largest absolute Gasteiger partial charge is 0.330 e. The van der Waals surface area contributed by atoms with E-state index >= 15 is 0 Å². The summed E-state index contributed by atoms with van der Waals surface area (Å²) in [7, 11) is 1.97. The lowest BCUT2D eigenvalue weighted by Gasteiger charge is -2.40. The molecule has 2 atom stereocenters. The van der Waals surface area contributed by atoms with Crippen molar-refractivity contribution in [2.75, 3.05) is 6.54 Å². The van der Waals surface area contributed by atoms with Gasteiger partial charge in [-0.15, -0.1) is 5.10 Å². The van der Waals surface area contributed by atoms with Crippen LogP contribution in [0.25, 0.3) is 0 Å². The van der Waals surface area contributed by atoms with Crippen molar-refractivity contribution < 1.29 is 0 Å². The lowest BCUT2D eigenvalue weighted by atomic mass is 9.66. The highest BCUT2D eigenvalue weighted by molar-refractivity contribution is 5.08. The van der Waals surface area contributed by atoms with Gasteiger partial charge in [0.1, 0.15) is 0 Å². The average molecular weight is 222 g/mol. The number of hydrogen-bond donors (Lipinski definition) is 1. The van der Waals surface area contributed by atoms with Gasteiger partial charge in [-0.2, -0.15) is 0 Å². The molecule has 0 aromatic carbocycles. The number of aryl methyl sites for hydroxylation is 1. The standard InChI is InChI=1S/C12H22N4/c1-12(2)5-4-9(7-13)10(6-12)11-8-14-15-16(11)3/h8-10H,4-7,13H2,1-3H3. The molecule has 1 aliphatic carbocycles. The van der Waals surface area contributed by atoms with Gasteiger partial charge in [0.15, 0.2) is 0 Å². The molecule has 1 saturated carbocycles. The zero-order valence-corrected chi connectivity index (χ0v) is 10.5. The highest BCUT2D eigenvalue weighted by atomic mass is 15.4. The number of nitrogens with zero attached hydrogens (tertiary/aromatic N) is 3. The van der Waals surface area contributed by atoms with E-state index in [4.69, 9.17) is 5.73 Å². The van der Waals surface area contributed by atoms with E-state index in [0.29, 0.717) is 17.3 Å². The lowest BCUT2D eigenvalue weighted by Crippen LogP contribution is -2.33. The molecule has 1 heterocycles. The Hall–Kier alpha value is -0.900. The molecule has 90 valence electrons. The van der Waals surface area contributed by atoms with Crippen LogP contribution in [0.3, 0.4) is 0 Å². The van der Waals surface area contributed by atoms with E-state index in [1.807, 2.05) is 17.9 Å². The fourth-order valence-electron chi connectivity index (χ4n) is 2.90. The van der Waals surface area contributed by atoms with Crippen molar-refractivity contribution in [2.45, 2.75) is 39.0 Å². The molecule has 16 heavy (non-hydrogen) atoms. The van der Waals surface area contributed by atoms with E-state index in [2.05, 4.69) is 24.2 Å². The smallest absolute Gasteiger partial charge is 0.0728 e. The molecule has 2 rings (SSSR count). The van der Waals surface area contributed by atoms with E-state index in [0.717, 1.165) is 6.54 Å². The Morgan fingerprint density at radius 2 is 2.31 bits per heavy atom. The second-order valence-electron chi connectivity index (χ2n) is 5.79. The third kappa shape index (κ3) is 2.12. The first-order valence-corrected chi connectivity index (χ1v) is 6.08. The summed E-state index contributed by atoms with van der Waals surface area (Å²) in [5, 5.41) is 8.02. The monoisotopic (exact) mass is 222 g/mol. The highest BCUT2D eigenvalue weighted by Crippen LogP contribution is 2.45. The minimum atomic E-state index is 0.417. The molecule has 1 fully saturated rings. The first-order valence-electron chi connectivity index (χ1n) is 6.08. The van der Waals surface area contributed by atoms with Crippen molar-refractivity contribution in [2.24, 2.45) is 24.1 Å². The first kappa shape index (κ1) is 11.6. The molecule has 0 amide bonds. The van der Waals surface area contributed by atoms with Crippen LogP contribution in [-0.2, 0) is 7.05 Å². The fraction of sp³-hybridized carbons (Fsp3) is 0.833. The fourth-order valence-corrected chi connectivity index (χ4v) is 2.90. The molecule has 1 aromatic heterocycles. The molecule has 0 aliphatic heterocycles. The topological polar surface area (TPSA) is 56.7 Å². The number of rotatable bonds is 2. The molecular formula is C12H22N4. The van der Waals surface area contributed by atoms with Crippen LogP contribution in [0.5, 0.6) is 0 Å². The minimum Gasteiger partial charge on any atom is -0.330 e. The van der Waals surface area contributed by atoms with Crippen molar-refractivity contribution in [1.82, 2.24) is 15.0 Å². The number of aromatic nitrogens is 3. The van der Waals surface area contributed by atoms with Crippen LogP contribution in [0, 0.1) is 11.3 Å². The molecule has 1 aliphatic rings. The van der Waals surface area contributed by atoms with Crippen molar-refractivity contribution in [3.05, 3.63) is 11.9 Å². The van der Waals surface area contributed by atoms with Crippen LogP contribution in [0.2, 0.25) is 0 Å². The highest BCUT2D eigenvalue weighted by Gasteiger charge is 2.36. The van der Waals surface area contributed by atoms with Gasteiger partial charge in [0.05, 0.1) is 11.9 Å².